The summed E-state index contributed by atoms with van der Waals surface area (Å²) in [7, 11) is -4.13. The van der Waals surface area contributed by atoms with Crippen molar-refractivity contribution >= 4 is 45.6 Å². The summed E-state index contributed by atoms with van der Waals surface area (Å²) in [5, 5.41) is 0.531. The van der Waals surface area contributed by atoms with E-state index in [1.54, 1.807) is 0 Å². The minimum Gasteiger partial charge on any atom is -0.458 e. The second-order valence-corrected chi connectivity index (χ2v) is 3.02. The maximum atomic E-state index is 10.4. The maximum absolute atomic E-state index is 10.4. The molecular weight excluding hydrogens is 207 g/mol. The number of hydrogen-bond donors (Lipinski definition) is 1. The summed E-state index contributed by atoms with van der Waals surface area (Å²) in [6, 6.07) is 0. The van der Waals surface area contributed by atoms with Gasteiger partial charge in [0, 0.05) is 35.6 Å². The second-order valence-electron chi connectivity index (χ2n) is 1.72. The quantitative estimate of drug-likeness (QED) is 0.302. The van der Waals surface area contributed by atoms with Crippen molar-refractivity contribution in [3.05, 3.63) is 24.1 Å². The van der Waals surface area contributed by atoms with Gasteiger partial charge in [-0.2, -0.15) is 8.42 Å². The van der Waals surface area contributed by atoms with E-state index in [2.05, 4.69) is 11.3 Å². The van der Waals surface area contributed by atoms with Crippen molar-refractivity contribution in [1.29, 1.82) is 0 Å². The van der Waals surface area contributed by atoms with Gasteiger partial charge in [-0.3, -0.25) is 4.55 Å². The van der Waals surface area contributed by atoms with Gasteiger partial charge >= 0.3 is 5.97 Å². The number of esters is 1. The van der Waals surface area contributed by atoms with Crippen LogP contribution in [0.25, 0.3) is 0 Å². The van der Waals surface area contributed by atoms with E-state index in [9.17, 15) is 13.2 Å². The van der Waals surface area contributed by atoms with Crippen molar-refractivity contribution in [2.45, 2.75) is 0 Å². The molecule has 0 aromatic heterocycles. The van der Waals surface area contributed by atoms with Crippen molar-refractivity contribution in [2.24, 2.45) is 0 Å². The van der Waals surface area contributed by atoms with E-state index in [-0.39, 0.29) is 36.2 Å². The van der Waals surface area contributed by atoms with E-state index in [1.165, 1.54) is 0 Å². The largest absolute Gasteiger partial charge is 0.458 e. The molecule has 0 atom stereocenters. The molecule has 0 fully saturated rings. The molecule has 0 spiro atoms. The average molecular weight is 215 g/mol. The average Bonchev–Trinajstić information content (AvgIpc) is 1.96. The zero-order chi connectivity index (χ0) is 9.61. The molecule has 0 aliphatic rings. The molecule has 0 rings (SSSR count). The fourth-order valence-corrected chi connectivity index (χ4v) is 0.672. The van der Waals surface area contributed by atoms with Gasteiger partial charge in [0.1, 0.15) is 6.61 Å². The first-order valence-corrected chi connectivity index (χ1v) is 4.39. The molecule has 1 N–H and O–H groups in total. The monoisotopic (exact) mass is 215 g/mol. The van der Waals surface area contributed by atoms with Crippen LogP contribution >= 0.6 is 0 Å². The number of hydrogen-bond acceptors (Lipinski definition) is 4. The minimum absolute atomic E-state index is 0. The van der Waals surface area contributed by atoms with Crippen LogP contribution in [0.1, 0.15) is 0 Å². The molecule has 0 aromatic rings. The number of carbonyl (C=O) groups is 1. The van der Waals surface area contributed by atoms with Crippen LogP contribution in [-0.2, 0) is 19.6 Å². The molecule has 13 heavy (non-hydrogen) atoms. The van der Waals surface area contributed by atoms with Crippen LogP contribution in [0.15, 0.2) is 24.1 Å². The number of ether oxygens (including phenoxy) is 1. The number of carbonyl (C=O) groups excluding carboxylic acids is 1. The Morgan fingerprint density at radius 2 is 2.08 bits per heavy atom. The van der Waals surface area contributed by atoms with Crippen molar-refractivity contribution < 1.29 is 22.5 Å². The normalized spacial score (nSPS) is 10.5. The predicted octanol–water partition coefficient (Wildman–Crippen LogP) is -0.264. The van der Waals surface area contributed by atoms with Gasteiger partial charge in [0.25, 0.3) is 10.1 Å². The topological polar surface area (TPSA) is 80.7 Å². The summed E-state index contributed by atoms with van der Waals surface area (Å²) < 4.78 is 32.6. The zero-order valence-corrected chi connectivity index (χ0v) is 9.95. The molecule has 0 saturated carbocycles. The van der Waals surface area contributed by atoms with E-state index < -0.39 is 16.1 Å². The third-order valence-electron chi connectivity index (χ3n) is 0.757. The second kappa shape index (κ2) is 7.28. The Bertz CT molecular complexity index is 292. The number of rotatable bonds is 4. The van der Waals surface area contributed by atoms with E-state index in [1.807, 2.05) is 0 Å². The molecule has 0 bridgehead atoms. The molecule has 0 aliphatic carbocycles. The maximum Gasteiger partial charge on any atom is 0.330 e. The first kappa shape index (κ1) is 15.3. The van der Waals surface area contributed by atoms with Gasteiger partial charge in [-0.15, -0.1) is 0 Å². The fourth-order valence-electron chi connectivity index (χ4n) is 0.350. The van der Waals surface area contributed by atoms with Crippen molar-refractivity contribution in [3.8, 4) is 0 Å². The van der Waals surface area contributed by atoms with Gasteiger partial charge in [-0.1, -0.05) is 6.58 Å². The summed E-state index contributed by atoms with van der Waals surface area (Å²) in [4.78, 5) is 10.4. The van der Waals surface area contributed by atoms with Gasteiger partial charge in [0.15, 0.2) is 0 Å². The molecule has 5 nitrogen and oxygen atoms in total. The van der Waals surface area contributed by atoms with Crippen molar-refractivity contribution in [2.75, 3.05) is 6.61 Å². The SMILES string of the molecule is C=CC(=O)OCC=CS(=O)(=O)O.[Na]. The van der Waals surface area contributed by atoms with Crippen LogP contribution in [0, 0.1) is 0 Å². The van der Waals surface area contributed by atoms with Crippen LogP contribution in [0.5, 0.6) is 0 Å². The van der Waals surface area contributed by atoms with E-state index >= 15 is 0 Å². The third-order valence-corrected chi connectivity index (χ3v) is 1.29. The van der Waals surface area contributed by atoms with Crippen LogP contribution in [0.2, 0.25) is 0 Å². The summed E-state index contributed by atoms with van der Waals surface area (Å²) in [6.45, 7) is 2.90. The first-order valence-electron chi connectivity index (χ1n) is 2.89. The Kier molecular flexibility index (Phi) is 8.59. The Morgan fingerprint density at radius 3 is 2.46 bits per heavy atom. The summed E-state index contributed by atoms with van der Waals surface area (Å²) in [5.74, 6) is -0.657. The first-order chi connectivity index (χ1) is 5.45. The molecule has 0 heterocycles. The van der Waals surface area contributed by atoms with Crippen LogP contribution in [0.3, 0.4) is 0 Å². The van der Waals surface area contributed by atoms with E-state index in [0.717, 1.165) is 12.2 Å². The summed E-state index contributed by atoms with van der Waals surface area (Å²) in [5.41, 5.74) is 0. The molecule has 7 heteroatoms. The van der Waals surface area contributed by atoms with Gasteiger partial charge in [-0.05, 0) is 6.08 Å². The van der Waals surface area contributed by atoms with Crippen molar-refractivity contribution in [1.82, 2.24) is 0 Å². The minimum atomic E-state index is -4.13. The predicted molar refractivity (Wildman–Crippen MR) is 47.6 cm³/mol. The molecule has 0 saturated heterocycles. The van der Waals surface area contributed by atoms with Gasteiger partial charge in [-0.25, -0.2) is 4.79 Å². The van der Waals surface area contributed by atoms with Gasteiger partial charge in [0.2, 0.25) is 0 Å². The summed E-state index contributed by atoms with van der Waals surface area (Å²) >= 11 is 0. The molecule has 69 valence electrons. The molecular formula is C6H8NaO5S. The fraction of sp³-hybridized carbons (Fsp3) is 0.167. The summed E-state index contributed by atoms with van der Waals surface area (Å²) in [6.07, 6.45) is 1.94. The standard InChI is InChI=1S/C6H8O5S.Na/c1-2-6(7)11-4-3-5-12(8,9)10;/h2-3,5H,1,4H2,(H,8,9,10);. The third kappa shape index (κ3) is 11.9. The smallest absolute Gasteiger partial charge is 0.330 e. The Hall–Kier alpha value is -0.140. The zero-order valence-electron chi connectivity index (χ0n) is 7.13. The Labute approximate surface area is 98.5 Å². The molecule has 1 radical (unpaired) electrons. The van der Waals surface area contributed by atoms with Crippen LogP contribution in [-0.4, -0.2) is 55.1 Å². The van der Waals surface area contributed by atoms with E-state index in [4.69, 9.17) is 4.55 Å². The van der Waals surface area contributed by atoms with Crippen LogP contribution in [0.4, 0.5) is 0 Å². The molecule has 0 aromatic carbocycles. The Morgan fingerprint density at radius 1 is 1.54 bits per heavy atom. The Balaban J connectivity index is 0. The van der Waals surface area contributed by atoms with Crippen molar-refractivity contribution in [3.63, 3.8) is 0 Å². The molecule has 0 amide bonds. The van der Waals surface area contributed by atoms with Gasteiger partial charge in [0.05, 0.1) is 5.41 Å². The molecule has 0 unspecified atom stereocenters. The molecule has 0 aliphatic heterocycles. The van der Waals surface area contributed by atoms with E-state index in [0.29, 0.717) is 5.41 Å². The van der Waals surface area contributed by atoms with Gasteiger partial charge < -0.3 is 4.74 Å². The van der Waals surface area contributed by atoms with Crippen LogP contribution < -0.4 is 0 Å².